The van der Waals surface area contributed by atoms with Gasteiger partial charge >= 0.3 is 0 Å². The zero-order valence-electron chi connectivity index (χ0n) is 5.74. The van der Waals surface area contributed by atoms with Crippen LogP contribution in [0.2, 0.25) is 12.1 Å². The second-order valence-corrected chi connectivity index (χ2v) is 7.01. The van der Waals surface area contributed by atoms with Gasteiger partial charge < -0.3 is 9.96 Å². The van der Waals surface area contributed by atoms with Crippen molar-refractivity contribution in [2.45, 2.75) is 24.9 Å². The summed E-state index contributed by atoms with van der Waals surface area (Å²) in [5.41, 5.74) is 0. The quantitative estimate of drug-likeness (QED) is 0.479. The third-order valence-corrected chi connectivity index (χ3v) is 6.76. The van der Waals surface area contributed by atoms with Gasteiger partial charge in [-0.05, 0) is 38.0 Å². The molecule has 0 radical (unpaired) electrons. The van der Waals surface area contributed by atoms with Crippen LogP contribution >= 0.6 is 0 Å². The first-order chi connectivity index (χ1) is 4.41. The molecule has 0 bridgehead atoms. The van der Waals surface area contributed by atoms with E-state index >= 15 is 0 Å². The lowest BCUT2D eigenvalue weighted by Gasteiger charge is -2.19. The van der Waals surface area contributed by atoms with Crippen molar-refractivity contribution in [2.24, 2.45) is 0 Å². The third kappa shape index (κ3) is 0.932. The van der Waals surface area contributed by atoms with Crippen LogP contribution in [-0.4, -0.2) is 21.5 Å². The topological polar surface area (TPSA) is 24.1 Å². The van der Waals surface area contributed by atoms with Gasteiger partial charge in [-0.3, -0.25) is 0 Å². The van der Waals surface area contributed by atoms with Gasteiger partial charge in [-0.25, -0.2) is 0 Å². The second kappa shape index (κ2) is 2.07. The van der Waals surface area contributed by atoms with Gasteiger partial charge in [0.15, 0.2) is 0 Å². The number of nitrogens with one attached hydrogen (secondary N) is 2. The van der Waals surface area contributed by atoms with Gasteiger partial charge in [-0.2, -0.15) is 0 Å². The normalized spacial score (nSPS) is 32.0. The summed E-state index contributed by atoms with van der Waals surface area (Å²) in [6, 6.07) is 2.96. The second-order valence-electron chi connectivity index (χ2n) is 3.14. The molecular weight excluding hydrogens is 128 g/mol. The lowest BCUT2D eigenvalue weighted by Crippen LogP contribution is -2.54. The highest BCUT2D eigenvalue weighted by Gasteiger charge is 2.38. The molecule has 0 aromatic rings. The molecule has 0 aromatic carbocycles. The molecule has 9 heavy (non-hydrogen) atoms. The Morgan fingerprint density at radius 1 is 0.889 bits per heavy atom. The molecule has 3 heteroatoms. The number of hydrogen-bond acceptors (Lipinski definition) is 2. The molecule has 0 aromatic heterocycles. The maximum atomic E-state index is 3.66. The van der Waals surface area contributed by atoms with E-state index in [4.69, 9.17) is 0 Å². The lowest BCUT2D eigenvalue weighted by molar-refractivity contribution is 0.911. The van der Waals surface area contributed by atoms with Gasteiger partial charge in [0.1, 0.15) is 0 Å². The fourth-order valence-electron chi connectivity index (χ4n) is 1.98. The predicted octanol–water partition coefficient (Wildman–Crippen LogP) is 0.415. The summed E-state index contributed by atoms with van der Waals surface area (Å²) in [6.07, 6.45) is 2.83. The van der Waals surface area contributed by atoms with Crippen LogP contribution in [0, 0.1) is 0 Å². The Hall–Kier alpha value is 0.137. The highest BCUT2D eigenvalue weighted by Crippen LogP contribution is 2.22. The molecule has 2 N–H and O–H groups in total. The van der Waals surface area contributed by atoms with E-state index in [0.29, 0.717) is 0 Å². The monoisotopic (exact) mass is 142 g/mol. The van der Waals surface area contributed by atoms with Gasteiger partial charge in [0.25, 0.3) is 0 Å². The van der Waals surface area contributed by atoms with Crippen molar-refractivity contribution in [1.29, 1.82) is 0 Å². The van der Waals surface area contributed by atoms with Crippen molar-refractivity contribution in [2.75, 3.05) is 13.1 Å². The summed E-state index contributed by atoms with van der Waals surface area (Å²) < 4.78 is 0. The Morgan fingerprint density at radius 2 is 1.44 bits per heavy atom. The van der Waals surface area contributed by atoms with E-state index in [2.05, 4.69) is 9.96 Å². The van der Waals surface area contributed by atoms with Crippen molar-refractivity contribution in [3.05, 3.63) is 0 Å². The smallest absolute Gasteiger partial charge is 0.201 e. The maximum absolute atomic E-state index is 3.66. The van der Waals surface area contributed by atoms with Crippen LogP contribution < -0.4 is 9.96 Å². The maximum Gasteiger partial charge on any atom is 0.201 e. The van der Waals surface area contributed by atoms with E-state index in [-0.39, 0.29) is 0 Å². The van der Waals surface area contributed by atoms with E-state index in [9.17, 15) is 0 Å². The summed E-state index contributed by atoms with van der Waals surface area (Å²) >= 11 is 0. The van der Waals surface area contributed by atoms with Gasteiger partial charge in [-0.1, -0.05) is 0 Å². The van der Waals surface area contributed by atoms with Crippen LogP contribution in [0.15, 0.2) is 0 Å². The zero-order valence-corrected chi connectivity index (χ0v) is 6.74. The molecule has 2 nitrogen and oxygen atoms in total. The van der Waals surface area contributed by atoms with E-state index in [0.717, 1.165) is 0 Å². The summed E-state index contributed by atoms with van der Waals surface area (Å²) in [5.74, 6) is 0. The van der Waals surface area contributed by atoms with E-state index in [1.54, 1.807) is 0 Å². The van der Waals surface area contributed by atoms with Gasteiger partial charge in [-0.15, -0.1) is 0 Å². The first-order valence-corrected chi connectivity index (χ1v) is 6.33. The van der Waals surface area contributed by atoms with Gasteiger partial charge in [0.2, 0.25) is 8.40 Å². The average Bonchev–Trinajstić information content (AvgIpc) is 2.45. The van der Waals surface area contributed by atoms with Crippen LogP contribution in [0.4, 0.5) is 0 Å². The lowest BCUT2D eigenvalue weighted by atomic mass is 10.5. The van der Waals surface area contributed by atoms with Crippen LogP contribution in [0.1, 0.15) is 12.8 Å². The summed E-state index contributed by atoms with van der Waals surface area (Å²) in [4.78, 5) is 7.32. The molecule has 0 aliphatic carbocycles. The van der Waals surface area contributed by atoms with Crippen molar-refractivity contribution in [3.63, 3.8) is 0 Å². The first-order valence-electron chi connectivity index (χ1n) is 3.91. The van der Waals surface area contributed by atoms with Crippen LogP contribution in [0.5, 0.6) is 0 Å². The molecule has 2 aliphatic rings. The predicted molar refractivity (Wildman–Crippen MR) is 40.6 cm³/mol. The van der Waals surface area contributed by atoms with Crippen LogP contribution in [0.3, 0.4) is 0 Å². The molecule has 0 saturated carbocycles. The average molecular weight is 142 g/mol. The molecule has 0 unspecified atom stereocenters. The minimum atomic E-state index is -0.969. The highest BCUT2D eigenvalue weighted by molar-refractivity contribution is 6.76. The molecule has 2 heterocycles. The van der Waals surface area contributed by atoms with Crippen molar-refractivity contribution >= 4 is 8.40 Å². The molecule has 2 fully saturated rings. The Labute approximate surface area is 57.2 Å². The summed E-state index contributed by atoms with van der Waals surface area (Å²) in [6.45, 7) is 2.55. The van der Waals surface area contributed by atoms with E-state index < -0.39 is 8.40 Å². The van der Waals surface area contributed by atoms with E-state index in [1.165, 1.54) is 38.0 Å². The van der Waals surface area contributed by atoms with Crippen molar-refractivity contribution in [3.8, 4) is 0 Å². The first kappa shape index (κ1) is 5.89. The molecule has 0 atom stereocenters. The molecule has 0 amide bonds. The van der Waals surface area contributed by atoms with Gasteiger partial charge in [0.05, 0.1) is 0 Å². The fraction of sp³-hybridized carbons (Fsp3) is 1.00. The molecule has 2 aliphatic heterocycles. The Bertz CT molecular complexity index is 86.1. The molecule has 1 spiro atoms. The number of hydrogen-bond donors (Lipinski definition) is 2. The SMILES string of the molecule is C1CN[Si]2(C1)CCCN2. The highest BCUT2D eigenvalue weighted by atomic mass is 28.3. The largest absolute Gasteiger partial charge is 0.325 e. The Kier molecular flexibility index (Phi) is 1.36. The molecule has 52 valence electrons. The van der Waals surface area contributed by atoms with Gasteiger partial charge in [0, 0.05) is 0 Å². The molecule has 2 rings (SSSR count). The molecule has 2 saturated heterocycles. The number of rotatable bonds is 0. The summed E-state index contributed by atoms with van der Waals surface area (Å²) in [7, 11) is -0.969. The fourth-order valence-corrected chi connectivity index (χ4v) is 5.93. The standard InChI is InChI=1S/C6H14N2Si/c1-3-7-9(5-1)6-2-4-8-9/h7-8H,1-6H2. The van der Waals surface area contributed by atoms with Crippen molar-refractivity contribution in [1.82, 2.24) is 9.96 Å². The minimum absolute atomic E-state index is 0.969. The third-order valence-electron chi connectivity index (χ3n) is 2.49. The van der Waals surface area contributed by atoms with Crippen LogP contribution in [-0.2, 0) is 0 Å². The Balaban J connectivity index is 2.04. The minimum Gasteiger partial charge on any atom is -0.325 e. The van der Waals surface area contributed by atoms with Crippen LogP contribution in [0.25, 0.3) is 0 Å². The Morgan fingerprint density at radius 3 is 1.78 bits per heavy atom. The van der Waals surface area contributed by atoms with Crippen molar-refractivity contribution < 1.29 is 0 Å². The van der Waals surface area contributed by atoms with E-state index in [1.807, 2.05) is 0 Å². The zero-order chi connectivity index (χ0) is 6.16. The summed E-state index contributed by atoms with van der Waals surface area (Å²) in [5, 5.41) is 0. The molecular formula is C6H14N2Si.